The first-order valence-corrected chi connectivity index (χ1v) is 11.2. The van der Waals surface area contributed by atoms with Crippen LogP contribution < -0.4 is 15.4 Å². The van der Waals surface area contributed by atoms with Gasteiger partial charge < -0.3 is 20.1 Å². The quantitative estimate of drug-likeness (QED) is 0.710. The summed E-state index contributed by atoms with van der Waals surface area (Å²) in [7, 11) is 1.61. The topological polar surface area (TPSA) is 80.7 Å². The molecule has 1 saturated heterocycles. The summed E-state index contributed by atoms with van der Waals surface area (Å²) in [6.07, 6.45) is 3.11. The van der Waals surface area contributed by atoms with Gasteiger partial charge in [-0.1, -0.05) is 6.07 Å². The Bertz CT molecular complexity index is 889. The SMILES string of the molecule is CCn1nc(CN2CCC(CNC(=O)Nc3cccc(OC)c3)CC2)c2c1CCOC2. The number of methoxy groups -OCH3 is 1. The predicted molar refractivity (Wildman–Crippen MR) is 119 cm³/mol. The smallest absolute Gasteiger partial charge is 0.319 e. The number of rotatable bonds is 7. The van der Waals surface area contributed by atoms with Crippen LogP contribution in [-0.4, -0.2) is 54.1 Å². The van der Waals surface area contributed by atoms with Gasteiger partial charge in [0, 0.05) is 49.1 Å². The zero-order valence-electron chi connectivity index (χ0n) is 18.5. The Morgan fingerprint density at radius 2 is 2.16 bits per heavy atom. The first-order valence-electron chi connectivity index (χ1n) is 11.2. The minimum atomic E-state index is -0.174. The number of likely N-dealkylation sites (tertiary alicyclic amines) is 1. The molecule has 4 rings (SSSR count). The van der Waals surface area contributed by atoms with E-state index in [0.717, 1.165) is 63.5 Å². The highest BCUT2D eigenvalue weighted by molar-refractivity contribution is 5.89. The van der Waals surface area contributed by atoms with E-state index in [4.69, 9.17) is 14.6 Å². The second-order valence-electron chi connectivity index (χ2n) is 8.28. The maximum atomic E-state index is 12.2. The Labute approximate surface area is 183 Å². The number of carbonyl (C=O) groups excluding carboxylic acids is 1. The van der Waals surface area contributed by atoms with Gasteiger partial charge in [-0.2, -0.15) is 5.10 Å². The molecular formula is C23H33N5O3. The Morgan fingerprint density at radius 3 is 2.94 bits per heavy atom. The van der Waals surface area contributed by atoms with Gasteiger partial charge in [0.15, 0.2) is 0 Å². The van der Waals surface area contributed by atoms with Crippen LogP contribution in [0.15, 0.2) is 24.3 Å². The molecular weight excluding hydrogens is 394 g/mol. The fourth-order valence-corrected chi connectivity index (χ4v) is 4.44. The minimum Gasteiger partial charge on any atom is -0.497 e. The lowest BCUT2D eigenvalue weighted by atomic mass is 9.96. The number of anilines is 1. The number of carbonyl (C=O) groups is 1. The third-order valence-corrected chi connectivity index (χ3v) is 6.24. The van der Waals surface area contributed by atoms with Crippen molar-refractivity contribution in [3.8, 4) is 5.75 Å². The molecule has 2 aromatic rings. The molecule has 3 heterocycles. The van der Waals surface area contributed by atoms with Crippen molar-refractivity contribution < 1.29 is 14.3 Å². The second-order valence-corrected chi connectivity index (χ2v) is 8.28. The van der Waals surface area contributed by atoms with Gasteiger partial charge in [-0.25, -0.2) is 4.79 Å². The molecule has 8 nitrogen and oxygen atoms in total. The summed E-state index contributed by atoms with van der Waals surface area (Å²) in [6, 6.07) is 7.20. The monoisotopic (exact) mass is 427 g/mol. The van der Waals surface area contributed by atoms with Crippen LogP contribution in [-0.2, 0) is 30.9 Å². The largest absolute Gasteiger partial charge is 0.497 e. The van der Waals surface area contributed by atoms with Crippen molar-refractivity contribution in [1.29, 1.82) is 0 Å². The van der Waals surface area contributed by atoms with Crippen molar-refractivity contribution in [2.45, 2.75) is 45.9 Å². The number of ether oxygens (including phenoxy) is 2. The summed E-state index contributed by atoms with van der Waals surface area (Å²) < 4.78 is 13.0. The number of aryl methyl sites for hydroxylation is 1. The van der Waals surface area contributed by atoms with Gasteiger partial charge in [0.05, 0.1) is 26.0 Å². The Hall–Kier alpha value is -2.58. The van der Waals surface area contributed by atoms with Gasteiger partial charge in [-0.15, -0.1) is 0 Å². The fraction of sp³-hybridized carbons (Fsp3) is 0.565. The molecule has 2 amide bonds. The van der Waals surface area contributed by atoms with Crippen molar-refractivity contribution in [2.75, 3.05) is 38.7 Å². The van der Waals surface area contributed by atoms with Crippen molar-refractivity contribution in [3.63, 3.8) is 0 Å². The molecule has 0 bridgehead atoms. The number of hydrogen-bond acceptors (Lipinski definition) is 5. The summed E-state index contributed by atoms with van der Waals surface area (Å²) in [5.41, 5.74) is 4.55. The van der Waals surface area contributed by atoms with E-state index in [1.165, 1.54) is 17.0 Å². The van der Waals surface area contributed by atoms with Crippen molar-refractivity contribution in [2.24, 2.45) is 5.92 Å². The molecule has 168 valence electrons. The lowest BCUT2D eigenvalue weighted by Gasteiger charge is -2.31. The maximum absolute atomic E-state index is 12.2. The molecule has 0 unspecified atom stereocenters. The number of nitrogens with zero attached hydrogens (tertiary/aromatic N) is 3. The number of benzene rings is 1. The fourth-order valence-electron chi connectivity index (χ4n) is 4.44. The molecule has 1 fully saturated rings. The normalized spacial score (nSPS) is 17.2. The zero-order valence-corrected chi connectivity index (χ0v) is 18.5. The van der Waals surface area contributed by atoms with Crippen LogP contribution in [0, 0.1) is 5.92 Å². The molecule has 31 heavy (non-hydrogen) atoms. The Morgan fingerprint density at radius 1 is 1.32 bits per heavy atom. The third-order valence-electron chi connectivity index (χ3n) is 6.24. The van der Waals surface area contributed by atoms with E-state index in [2.05, 4.69) is 27.1 Å². The third kappa shape index (κ3) is 5.37. The molecule has 2 aliphatic rings. The van der Waals surface area contributed by atoms with Gasteiger partial charge in [0.1, 0.15) is 5.75 Å². The van der Waals surface area contributed by atoms with Crippen molar-refractivity contribution in [1.82, 2.24) is 20.0 Å². The lowest BCUT2D eigenvalue weighted by Crippen LogP contribution is -2.39. The first-order chi connectivity index (χ1) is 15.2. The maximum Gasteiger partial charge on any atom is 0.319 e. The van der Waals surface area contributed by atoms with Gasteiger partial charge >= 0.3 is 6.03 Å². The zero-order chi connectivity index (χ0) is 21.6. The van der Waals surface area contributed by atoms with Gasteiger partial charge in [0.25, 0.3) is 0 Å². The number of hydrogen-bond donors (Lipinski definition) is 2. The molecule has 0 radical (unpaired) electrons. The minimum absolute atomic E-state index is 0.174. The van der Waals surface area contributed by atoms with Crippen LogP contribution in [0.5, 0.6) is 5.75 Å². The van der Waals surface area contributed by atoms with Crippen LogP contribution in [0.4, 0.5) is 10.5 Å². The van der Waals surface area contributed by atoms with Gasteiger partial charge in [0.2, 0.25) is 0 Å². The summed E-state index contributed by atoms with van der Waals surface area (Å²) in [5, 5.41) is 10.7. The highest BCUT2D eigenvalue weighted by Crippen LogP contribution is 2.24. The van der Waals surface area contributed by atoms with E-state index in [1.54, 1.807) is 7.11 Å². The van der Waals surface area contributed by atoms with Crippen LogP contribution in [0.2, 0.25) is 0 Å². The average Bonchev–Trinajstić information content (AvgIpc) is 3.16. The molecule has 2 N–H and O–H groups in total. The van der Waals surface area contributed by atoms with Crippen LogP contribution >= 0.6 is 0 Å². The highest BCUT2D eigenvalue weighted by Gasteiger charge is 2.25. The number of amides is 2. The van der Waals surface area contributed by atoms with Crippen LogP contribution in [0.25, 0.3) is 0 Å². The van der Waals surface area contributed by atoms with Crippen LogP contribution in [0.1, 0.15) is 36.7 Å². The number of nitrogens with one attached hydrogen (secondary N) is 2. The van der Waals surface area contributed by atoms with Gasteiger partial charge in [-0.05, 0) is 50.9 Å². The number of aromatic nitrogens is 2. The molecule has 0 saturated carbocycles. The van der Waals surface area contributed by atoms with E-state index in [1.807, 2.05) is 24.3 Å². The summed E-state index contributed by atoms with van der Waals surface area (Å²) in [4.78, 5) is 14.7. The second kappa shape index (κ2) is 10.2. The van der Waals surface area contributed by atoms with E-state index in [9.17, 15) is 4.79 Å². The molecule has 1 aromatic carbocycles. The van der Waals surface area contributed by atoms with Crippen molar-refractivity contribution in [3.05, 3.63) is 41.2 Å². The molecule has 8 heteroatoms. The molecule has 1 aromatic heterocycles. The van der Waals surface area contributed by atoms with E-state index in [0.29, 0.717) is 19.1 Å². The van der Waals surface area contributed by atoms with E-state index >= 15 is 0 Å². The predicted octanol–water partition coefficient (Wildman–Crippen LogP) is 3.02. The van der Waals surface area contributed by atoms with Crippen molar-refractivity contribution >= 4 is 11.7 Å². The Kier molecular flexibility index (Phi) is 7.09. The highest BCUT2D eigenvalue weighted by atomic mass is 16.5. The average molecular weight is 428 g/mol. The summed E-state index contributed by atoms with van der Waals surface area (Å²) in [6.45, 7) is 8.17. The molecule has 0 atom stereocenters. The van der Waals surface area contributed by atoms with Crippen LogP contribution in [0.3, 0.4) is 0 Å². The van der Waals surface area contributed by atoms with E-state index < -0.39 is 0 Å². The number of fused-ring (bicyclic) bond motifs is 1. The Balaban J connectivity index is 1.22. The lowest BCUT2D eigenvalue weighted by molar-refractivity contribution is 0.107. The van der Waals surface area contributed by atoms with Gasteiger partial charge in [-0.3, -0.25) is 9.58 Å². The standard InChI is InChI=1S/C23H33N5O3/c1-3-28-22-9-12-31-16-20(22)21(26-28)15-27-10-7-17(8-11-27)14-24-23(29)25-18-5-4-6-19(13-18)30-2/h4-6,13,17H,3,7-12,14-16H2,1-2H3,(H2,24,25,29). The molecule has 2 aliphatic heterocycles. The summed E-state index contributed by atoms with van der Waals surface area (Å²) in [5.74, 6) is 1.22. The first kappa shape index (κ1) is 21.6. The number of piperidine rings is 1. The molecule has 0 spiro atoms. The molecule has 0 aliphatic carbocycles. The van der Waals surface area contributed by atoms with E-state index in [-0.39, 0.29) is 6.03 Å². The summed E-state index contributed by atoms with van der Waals surface area (Å²) >= 11 is 0. The number of urea groups is 1.